The van der Waals surface area contributed by atoms with Gasteiger partial charge in [-0.15, -0.1) is 0 Å². The average molecular weight is 298 g/mol. The fraction of sp³-hybridized carbons (Fsp3) is 0.444. The van der Waals surface area contributed by atoms with E-state index >= 15 is 0 Å². The van der Waals surface area contributed by atoms with E-state index in [4.69, 9.17) is 0 Å². The number of aromatic nitrogens is 2. The minimum absolute atomic E-state index is 0.163. The van der Waals surface area contributed by atoms with Crippen LogP contribution in [0.3, 0.4) is 0 Å². The number of halogens is 1. The SMILES string of the molecule is O=C(C[C@H]1c2c(F)cccc2-c2cncn21)C1CCCCC1. The summed E-state index contributed by atoms with van der Waals surface area (Å²) in [7, 11) is 0. The zero-order valence-corrected chi connectivity index (χ0v) is 12.5. The summed E-state index contributed by atoms with van der Waals surface area (Å²) in [6, 6.07) is 4.88. The predicted octanol–water partition coefficient (Wildman–Crippen LogP) is 4.13. The predicted molar refractivity (Wildman–Crippen MR) is 82.0 cm³/mol. The van der Waals surface area contributed by atoms with Crippen molar-refractivity contribution >= 4 is 5.78 Å². The molecule has 2 aliphatic rings. The third kappa shape index (κ3) is 2.09. The first kappa shape index (κ1) is 13.7. The van der Waals surface area contributed by atoms with E-state index in [1.807, 2.05) is 10.6 Å². The monoisotopic (exact) mass is 298 g/mol. The van der Waals surface area contributed by atoms with Crippen molar-refractivity contribution in [3.63, 3.8) is 0 Å². The molecule has 0 N–H and O–H groups in total. The number of hydrogen-bond acceptors (Lipinski definition) is 2. The first-order chi connectivity index (χ1) is 10.8. The molecule has 2 aromatic rings. The van der Waals surface area contributed by atoms with Crippen molar-refractivity contribution in [1.29, 1.82) is 0 Å². The Balaban J connectivity index is 1.66. The molecule has 1 aliphatic carbocycles. The van der Waals surface area contributed by atoms with Gasteiger partial charge in [0.1, 0.15) is 11.6 Å². The summed E-state index contributed by atoms with van der Waals surface area (Å²) in [6.07, 6.45) is 9.35. The number of fused-ring (bicyclic) bond motifs is 3. The molecular formula is C18H19FN2O. The standard InChI is InChI=1S/C18H19FN2O/c19-14-8-4-7-13-16-10-20-11-21(16)15(18(13)14)9-17(22)12-5-2-1-3-6-12/h4,7-8,10-12,15H,1-3,5-6,9H2/t15-/m0/s1. The molecule has 1 atom stereocenters. The molecule has 2 heterocycles. The number of nitrogens with zero attached hydrogens (tertiary/aromatic N) is 2. The Morgan fingerprint density at radius 2 is 2.09 bits per heavy atom. The second-order valence-corrected chi connectivity index (χ2v) is 6.41. The summed E-state index contributed by atoms with van der Waals surface area (Å²) in [5.41, 5.74) is 2.44. The summed E-state index contributed by atoms with van der Waals surface area (Å²) in [5, 5.41) is 0. The lowest BCUT2D eigenvalue weighted by molar-refractivity contribution is -0.124. The van der Waals surface area contributed by atoms with Crippen molar-refractivity contribution in [3.05, 3.63) is 42.1 Å². The summed E-state index contributed by atoms with van der Waals surface area (Å²) in [6.45, 7) is 0. The van der Waals surface area contributed by atoms with E-state index in [0.717, 1.165) is 36.9 Å². The number of ketones is 1. The number of imidazole rings is 1. The van der Waals surface area contributed by atoms with Gasteiger partial charge < -0.3 is 4.57 Å². The molecule has 0 radical (unpaired) electrons. The highest BCUT2D eigenvalue weighted by atomic mass is 19.1. The fourth-order valence-corrected chi connectivity index (χ4v) is 3.98. The number of benzene rings is 1. The van der Waals surface area contributed by atoms with Gasteiger partial charge in [0.15, 0.2) is 0 Å². The molecule has 22 heavy (non-hydrogen) atoms. The number of rotatable bonds is 3. The highest BCUT2D eigenvalue weighted by Crippen LogP contribution is 2.43. The Kier molecular flexibility index (Phi) is 3.32. The first-order valence-electron chi connectivity index (χ1n) is 8.09. The molecule has 0 unspecified atom stereocenters. The van der Waals surface area contributed by atoms with E-state index in [1.54, 1.807) is 18.6 Å². The van der Waals surface area contributed by atoms with E-state index in [2.05, 4.69) is 4.98 Å². The van der Waals surface area contributed by atoms with Crippen molar-refractivity contribution in [2.75, 3.05) is 0 Å². The van der Waals surface area contributed by atoms with Gasteiger partial charge in [0.05, 0.1) is 24.3 Å². The van der Waals surface area contributed by atoms with Crippen molar-refractivity contribution in [2.24, 2.45) is 5.92 Å². The van der Waals surface area contributed by atoms with Gasteiger partial charge in [-0.1, -0.05) is 31.4 Å². The third-order valence-electron chi connectivity index (χ3n) is 5.12. The zero-order chi connectivity index (χ0) is 15.1. The minimum atomic E-state index is -0.233. The molecule has 1 aromatic heterocycles. The third-order valence-corrected chi connectivity index (χ3v) is 5.12. The molecule has 114 valence electrons. The Labute approximate surface area is 129 Å². The van der Waals surface area contributed by atoms with Crippen LogP contribution in [0.1, 0.15) is 50.1 Å². The van der Waals surface area contributed by atoms with Crippen LogP contribution in [-0.2, 0) is 4.79 Å². The molecular weight excluding hydrogens is 279 g/mol. The highest BCUT2D eigenvalue weighted by Gasteiger charge is 2.34. The van der Waals surface area contributed by atoms with Crippen molar-refractivity contribution in [3.8, 4) is 11.3 Å². The molecule has 1 saturated carbocycles. The summed E-state index contributed by atoms with van der Waals surface area (Å²) in [4.78, 5) is 16.8. The van der Waals surface area contributed by atoms with E-state index in [0.29, 0.717) is 12.0 Å². The van der Waals surface area contributed by atoms with Gasteiger partial charge in [0.2, 0.25) is 0 Å². The number of carbonyl (C=O) groups is 1. The van der Waals surface area contributed by atoms with Crippen LogP contribution in [0.25, 0.3) is 11.3 Å². The Morgan fingerprint density at radius 3 is 2.91 bits per heavy atom. The molecule has 0 spiro atoms. The van der Waals surface area contributed by atoms with Crippen LogP contribution in [0, 0.1) is 11.7 Å². The van der Waals surface area contributed by atoms with E-state index in [1.165, 1.54) is 12.5 Å². The number of Topliss-reactive ketones (excluding diaryl/α,β-unsaturated/α-hetero) is 1. The summed E-state index contributed by atoms with van der Waals surface area (Å²) in [5.74, 6) is 0.222. The minimum Gasteiger partial charge on any atom is -0.322 e. The second kappa shape index (κ2) is 5.34. The maximum atomic E-state index is 14.3. The molecule has 1 fully saturated rings. The topological polar surface area (TPSA) is 34.9 Å². The van der Waals surface area contributed by atoms with Crippen LogP contribution in [0.4, 0.5) is 4.39 Å². The van der Waals surface area contributed by atoms with Gasteiger partial charge in [-0.25, -0.2) is 9.37 Å². The van der Waals surface area contributed by atoms with Crippen LogP contribution in [0.5, 0.6) is 0 Å². The average Bonchev–Trinajstić information content (AvgIpc) is 3.12. The lowest BCUT2D eigenvalue weighted by Crippen LogP contribution is -2.21. The molecule has 3 nitrogen and oxygen atoms in total. The van der Waals surface area contributed by atoms with Crippen LogP contribution < -0.4 is 0 Å². The van der Waals surface area contributed by atoms with Gasteiger partial charge >= 0.3 is 0 Å². The zero-order valence-electron chi connectivity index (χ0n) is 12.5. The highest BCUT2D eigenvalue weighted by molar-refractivity contribution is 5.83. The lowest BCUT2D eigenvalue weighted by atomic mass is 9.83. The Morgan fingerprint density at radius 1 is 1.27 bits per heavy atom. The maximum absolute atomic E-state index is 14.3. The Bertz CT molecular complexity index is 716. The van der Waals surface area contributed by atoms with Crippen molar-refractivity contribution in [1.82, 2.24) is 9.55 Å². The van der Waals surface area contributed by atoms with Gasteiger partial charge in [-0.05, 0) is 18.9 Å². The van der Waals surface area contributed by atoms with E-state index < -0.39 is 0 Å². The van der Waals surface area contributed by atoms with Crippen LogP contribution in [0.15, 0.2) is 30.7 Å². The molecule has 0 saturated heterocycles. The quantitative estimate of drug-likeness (QED) is 0.854. The second-order valence-electron chi connectivity index (χ2n) is 6.41. The first-order valence-corrected chi connectivity index (χ1v) is 8.09. The smallest absolute Gasteiger partial charge is 0.138 e. The Hall–Kier alpha value is -1.97. The van der Waals surface area contributed by atoms with Crippen molar-refractivity contribution < 1.29 is 9.18 Å². The van der Waals surface area contributed by atoms with Crippen molar-refractivity contribution in [2.45, 2.75) is 44.6 Å². The van der Waals surface area contributed by atoms with E-state index in [-0.39, 0.29) is 23.6 Å². The lowest BCUT2D eigenvalue weighted by Gasteiger charge is -2.23. The normalized spacial score (nSPS) is 20.7. The summed E-state index contributed by atoms with van der Waals surface area (Å²) < 4.78 is 16.3. The van der Waals surface area contributed by atoms with Gasteiger partial charge in [0, 0.05) is 23.5 Å². The molecule has 4 rings (SSSR count). The fourth-order valence-electron chi connectivity index (χ4n) is 3.98. The molecule has 0 bridgehead atoms. The van der Waals surface area contributed by atoms with Crippen LogP contribution in [0.2, 0.25) is 0 Å². The molecule has 1 aromatic carbocycles. The molecule has 4 heteroatoms. The van der Waals surface area contributed by atoms with Gasteiger partial charge in [0.25, 0.3) is 0 Å². The van der Waals surface area contributed by atoms with E-state index in [9.17, 15) is 9.18 Å². The van der Waals surface area contributed by atoms with Gasteiger partial charge in [-0.2, -0.15) is 0 Å². The van der Waals surface area contributed by atoms with Crippen LogP contribution in [-0.4, -0.2) is 15.3 Å². The largest absolute Gasteiger partial charge is 0.322 e. The van der Waals surface area contributed by atoms with Crippen LogP contribution >= 0.6 is 0 Å². The number of carbonyl (C=O) groups excluding carboxylic acids is 1. The summed E-state index contributed by atoms with van der Waals surface area (Å²) >= 11 is 0. The molecule has 1 aliphatic heterocycles. The van der Waals surface area contributed by atoms with Gasteiger partial charge in [-0.3, -0.25) is 4.79 Å². The maximum Gasteiger partial charge on any atom is 0.138 e. The number of hydrogen-bond donors (Lipinski definition) is 0. The molecule has 0 amide bonds.